The first-order valence-electron chi connectivity index (χ1n) is 6.29. The molecule has 0 aliphatic carbocycles. The van der Waals surface area contributed by atoms with Gasteiger partial charge in [-0.25, -0.2) is 0 Å². The molecule has 0 bridgehead atoms. The van der Waals surface area contributed by atoms with Crippen LogP contribution < -0.4 is 5.56 Å². The van der Waals surface area contributed by atoms with Crippen molar-refractivity contribution in [1.82, 2.24) is 14.3 Å². The van der Waals surface area contributed by atoms with Crippen LogP contribution in [0.4, 0.5) is 0 Å². The molecular formula is C14H16N4O. The summed E-state index contributed by atoms with van der Waals surface area (Å²) in [7, 11) is 0. The first-order valence-corrected chi connectivity index (χ1v) is 6.29. The zero-order chi connectivity index (χ0) is 13.8. The van der Waals surface area contributed by atoms with Crippen molar-refractivity contribution in [1.29, 1.82) is 5.26 Å². The minimum Gasteiger partial charge on any atom is -0.308 e. The fourth-order valence-electron chi connectivity index (χ4n) is 1.82. The van der Waals surface area contributed by atoms with Crippen molar-refractivity contribution in [2.24, 2.45) is 0 Å². The Labute approximate surface area is 111 Å². The quantitative estimate of drug-likeness (QED) is 0.839. The molecule has 0 fully saturated rings. The second-order valence-electron chi connectivity index (χ2n) is 4.51. The van der Waals surface area contributed by atoms with Crippen LogP contribution in [0.2, 0.25) is 0 Å². The molecule has 5 heteroatoms. The zero-order valence-electron chi connectivity index (χ0n) is 11.1. The number of hydrogen-bond donors (Lipinski definition) is 0. The van der Waals surface area contributed by atoms with Gasteiger partial charge < -0.3 is 4.57 Å². The standard InChI is InChI=1S/C14H16N4O/c1-3-11(2)18-8-6-13(16-18)10-17-7-4-5-12(9-15)14(17)19/h4-8,11H,3,10H2,1-2H3. The van der Waals surface area contributed by atoms with Crippen molar-refractivity contribution in [3.63, 3.8) is 0 Å². The lowest BCUT2D eigenvalue weighted by molar-refractivity contribution is 0.472. The molecule has 2 aromatic heterocycles. The lowest BCUT2D eigenvalue weighted by atomic mass is 10.3. The molecule has 0 N–H and O–H groups in total. The van der Waals surface area contributed by atoms with E-state index in [-0.39, 0.29) is 11.1 Å². The van der Waals surface area contributed by atoms with E-state index in [4.69, 9.17) is 5.26 Å². The maximum atomic E-state index is 11.9. The lowest BCUT2D eigenvalue weighted by Crippen LogP contribution is -2.22. The van der Waals surface area contributed by atoms with Crippen LogP contribution in [0.3, 0.4) is 0 Å². The summed E-state index contributed by atoms with van der Waals surface area (Å²) in [6, 6.07) is 7.36. The van der Waals surface area contributed by atoms with E-state index in [0.29, 0.717) is 12.6 Å². The normalized spacial score (nSPS) is 12.1. The molecule has 1 atom stereocenters. The molecule has 1 unspecified atom stereocenters. The van der Waals surface area contributed by atoms with Gasteiger partial charge in [-0.05, 0) is 31.5 Å². The maximum absolute atomic E-state index is 11.9. The summed E-state index contributed by atoms with van der Waals surface area (Å²) in [6.45, 7) is 4.59. The first-order chi connectivity index (χ1) is 9.15. The van der Waals surface area contributed by atoms with Gasteiger partial charge >= 0.3 is 0 Å². The predicted octanol–water partition coefficient (Wildman–Crippen LogP) is 1.94. The molecule has 0 aromatic carbocycles. The van der Waals surface area contributed by atoms with Gasteiger partial charge in [0.1, 0.15) is 11.6 Å². The van der Waals surface area contributed by atoms with E-state index in [0.717, 1.165) is 12.1 Å². The summed E-state index contributed by atoms with van der Waals surface area (Å²) in [5.41, 5.74) is 0.699. The Bertz CT molecular complexity index is 663. The summed E-state index contributed by atoms with van der Waals surface area (Å²) < 4.78 is 3.40. The van der Waals surface area contributed by atoms with Crippen molar-refractivity contribution in [2.45, 2.75) is 32.9 Å². The molecule has 2 heterocycles. The Morgan fingerprint density at radius 2 is 2.21 bits per heavy atom. The van der Waals surface area contributed by atoms with E-state index in [1.165, 1.54) is 10.6 Å². The van der Waals surface area contributed by atoms with E-state index in [2.05, 4.69) is 18.9 Å². The number of nitriles is 1. The third-order valence-electron chi connectivity index (χ3n) is 3.18. The van der Waals surface area contributed by atoms with Gasteiger partial charge in [0.05, 0.1) is 12.2 Å². The van der Waals surface area contributed by atoms with Gasteiger partial charge in [0.2, 0.25) is 0 Å². The minimum absolute atomic E-state index is 0.156. The second kappa shape index (κ2) is 5.53. The molecule has 0 aliphatic rings. The van der Waals surface area contributed by atoms with E-state index < -0.39 is 0 Å². The van der Waals surface area contributed by atoms with Gasteiger partial charge in [0.15, 0.2) is 0 Å². The lowest BCUT2D eigenvalue weighted by Gasteiger charge is -2.08. The van der Waals surface area contributed by atoms with Gasteiger partial charge in [0.25, 0.3) is 5.56 Å². The fraction of sp³-hybridized carbons (Fsp3) is 0.357. The van der Waals surface area contributed by atoms with Gasteiger partial charge in [-0.15, -0.1) is 0 Å². The monoisotopic (exact) mass is 256 g/mol. The van der Waals surface area contributed by atoms with E-state index in [9.17, 15) is 4.79 Å². The van der Waals surface area contributed by atoms with Crippen molar-refractivity contribution in [3.05, 3.63) is 52.2 Å². The van der Waals surface area contributed by atoms with Crippen LogP contribution in [0.1, 0.15) is 37.6 Å². The Morgan fingerprint density at radius 1 is 1.42 bits per heavy atom. The van der Waals surface area contributed by atoms with Crippen LogP contribution in [-0.4, -0.2) is 14.3 Å². The molecule has 98 valence electrons. The second-order valence-corrected chi connectivity index (χ2v) is 4.51. The molecule has 0 radical (unpaired) electrons. The zero-order valence-corrected chi connectivity index (χ0v) is 11.1. The Morgan fingerprint density at radius 3 is 2.89 bits per heavy atom. The largest absolute Gasteiger partial charge is 0.308 e. The highest BCUT2D eigenvalue weighted by atomic mass is 16.1. The van der Waals surface area contributed by atoms with Crippen LogP contribution in [0.25, 0.3) is 0 Å². The Balaban J connectivity index is 2.25. The summed E-state index contributed by atoms with van der Waals surface area (Å²) in [4.78, 5) is 11.9. The highest BCUT2D eigenvalue weighted by molar-refractivity contribution is 5.25. The molecule has 0 saturated heterocycles. The SMILES string of the molecule is CCC(C)n1ccc(Cn2cccc(C#N)c2=O)n1. The van der Waals surface area contributed by atoms with Crippen LogP contribution in [0.15, 0.2) is 35.4 Å². The molecular weight excluding hydrogens is 240 g/mol. The molecule has 5 nitrogen and oxygen atoms in total. The fourth-order valence-corrected chi connectivity index (χ4v) is 1.82. The topological polar surface area (TPSA) is 63.6 Å². The minimum atomic E-state index is -0.275. The van der Waals surface area contributed by atoms with Crippen molar-refractivity contribution >= 4 is 0 Å². The van der Waals surface area contributed by atoms with E-state index in [1.807, 2.05) is 23.0 Å². The highest BCUT2D eigenvalue weighted by Crippen LogP contribution is 2.09. The molecule has 0 saturated carbocycles. The smallest absolute Gasteiger partial charge is 0.268 e. The number of rotatable bonds is 4. The number of pyridine rings is 1. The Kier molecular flexibility index (Phi) is 3.81. The average molecular weight is 256 g/mol. The number of nitrogens with zero attached hydrogens (tertiary/aromatic N) is 4. The van der Waals surface area contributed by atoms with E-state index >= 15 is 0 Å². The third kappa shape index (κ3) is 2.74. The maximum Gasteiger partial charge on any atom is 0.268 e. The average Bonchev–Trinajstić information content (AvgIpc) is 2.89. The van der Waals surface area contributed by atoms with Gasteiger partial charge in [0, 0.05) is 18.4 Å². The summed E-state index contributed by atoms with van der Waals surface area (Å²) >= 11 is 0. The number of hydrogen-bond acceptors (Lipinski definition) is 3. The molecule has 19 heavy (non-hydrogen) atoms. The van der Waals surface area contributed by atoms with Crippen LogP contribution in [-0.2, 0) is 6.54 Å². The molecule has 0 spiro atoms. The van der Waals surface area contributed by atoms with Crippen molar-refractivity contribution in [2.75, 3.05) is 0 Å². The van der Waals surface area contributed by atoms with Gasteiger partial charge in [-0.1, -0.05) is 6.92 Å². The highest BCUT2D eigenvalue weighted by Gasteiger charge is 2.07. The van der Waals surface area contributed by atoms with Gasteiger partial charge in [-0.2, -0.15) is 10.4 Å². The van der Waals surface area contributed by atoms with E-state index in [1.54, 1.807) is 12.3 Å². The molecule has 2 rings (SSSR count). The van der Waals surface area contributed by atoms with Crippen molar-refractivity contribution < 1.29 is 0 Å². The van der Waals surface area contributed by atoms with Crippen molar-refractivity contribution in [3.8, 4) is 6.07 Å². The summed E-state index contributed by atoms with van der Waals surface area (Å²) in [5.74, 6) is 0. The molecule has 0 aliphatic heterocycles. The summed E-state index contributed by atoms with van der Waals surface area (Å²) in [5, 5.41) is 13.3. The molecule has 0 amide bonds. The number of aromatic nitrogens is 3. The molecule has 2 aromatic rings. The summed E-state index contributed by atoms with van der Waals surface area (Å²) in [6.07, 6.45) is 4.60. The predicted molar refractivity (Wildman–Crippen MR) is 71.7 cm³/mol. The third-order valence-corrected chi connectivity index (χ3v) is 3.18. The van der Waals surface area contributed by atoms with Crippen LogP contribution in [0, 0.1) is 11.3 Å². The van der Waals surface area contributed by atoms with Crippen LogP contribution in [0.5, 0.6) is 0 Å². The van der Waals surface area contributed by atoms with Gasteiger partial charge in [-0.3, -0.25) is 9.48 Å². The van der Waals surface area contributed by atoms with Crippen LogP contribution >= 0.6 is 0 Å². The Hall–Kier alpha value is -2.35. The first kappa shape index (κ1) is 13.1.